The number of rotatable bonds is 5. The van der Waals surface area contributed by atoms with Gasteiger partial charge in [0.1, 0.15) is 17.2 Å². The number of nitrogens with one attached hydrogen (secondary N) is 1. The summed E-state index contributed by atoms with van der Waals surface area (Å²) in [6, 6.07) is 0.917. The van der Waals surface area contributed by atoms with Gasteiger partial charge in [-0.1, -0.05) is 5.16 Å². The van der Waals surface area contributed by atoms with Crippen LogP contribution in [-0.2, 0) is 25.2 Å². The predicted molar refractivity (Wildman–Crippen MR) is 80.0 cm³/mol. The zero-order chi connectivity index (χ0) is 16.7. The van der Waals surface area contributed by atoms with Gasteiger partial charge < -0.3 is 19.1 Å². The van der Waals surface area contributed by atoms with Gasteiger partial charge in [-0.2, -0.15) is 0 Å². The number of nitrogens with zero attached hydrogens (tertiary/aromatic N) is 1. The first-order valence-corrected chi connectivity index (χ1v) is 9.31. The maximum Gasteiger partial charge on any atom is 0.217 e. The molecule has 9 heteroatoms. The summed E-state index contributed by atoms with van der Waals surface area (Å²) < 4.78 is 43.0. The molecule has 1 saturated carbocycles. The molecule has 0 spiro atoms. The first-order chi connectivity index (χ1) is 10.7. The van der Waals surface area contributed by atoms with Crippen LogP contribution < -0.4 is 4.72 Å². The monoisotopic (exact) mass is 346 g/mol. The molecule has 130 valence electrons. The highest BCUT2D eigenvalue weighted by atomic mass is 32.2. The number of aromatic nitrogens is 1. The van der Waals surface area contributed by atoms with Crippen LogP contribution >= 0.6 is 0 Å². The summed E-state index contributed by atoms with van der Waals surface area (Å²) in [5.74, 6) is -0.0325. The van der Waals surface area contributed by atoms with Crippen molar-refractivity contribution in [3.05, 3.63) is 17.5 Å². The van der Waals surface area contributed by atoms with E-state index in [2.05, 4.69) is 9.88 Å². The Morgan fingerprint density at radius 3 is 2.74 bits per heavy atom. The van der Waals surface area contributed by atoms with Crippen molar-refractivity contribution < 1.29 is 27.5 Å². The normalized spacial score (nSPS) is 28.5. The Balaban J connectivity index is 1.62. The van der Waals surface area contributed by atoms with Gasteiger partial charge in [0, 0.05) is 12.0 Å². The SMILES string of the molecule is CC1(C)OC[C@@H](O)[C@H](NS(=O)(=O)Cc2cc(C3CC3)on2)CO1. The lowest BCUT2D eigenvalue weighted by Crippen LogP contribution is -2.47. The molecule has 1 aromatic rings. The first-order valence-electron chi connectivity index (χ1n) is 7.65. The molecule has 1 aliphatic carbocycles. The summed E-state index contributed by atoms with van der Waals surface area (Å²) in [6.45, 7) is 3.45. The molecule has 2 atom stereocenters. The summed E-state index contributed by atoms with van der Waals surface area (Å²) in [7, 11) is -3.68. The average molecular weight is 346 g/mol. The Morgan fingerprint density at radius 1 is 1.35 bits per heavy atom. The molecule has 1 saturated heterocycles. The molecule has 0 bridgehead atoms. The minimum Gasteiger partial charge on any atom is -0.389 e. The van der Waals surface area contributed by atoms with Crippen LogP contribution in [0.1, 0.15) is 44.1 Å². The van der Waals surface area contributed by atoms with Gasteiger partial charge in [-0.3, -0.25) is 0 Å². The van der Waals surface area contributed by atoms with Crippen LogP contribution in [0.15, 0.2) is 10.6 Å². The van der Waals surface area contributed by atoms with Crippen LogP contribution in [0, 0.1) is 0 Å². The van der Waals surface area contributed by atoms with Crippen LogP contribution in [0.4, 0.5) is 0 Å². The van der Waals surface area contributed by atoms with Gasteiger partial charge >= 0.3 is 0 Å². The van der Waals surface area contributed by atoms with Crippen molar-refractivity contribution in [2.45, 2.75) is 56.3 Å². The highest BCUT2D eigenvalue weighted by Crippen LogP contribution is 2.40. The van der Waals surface area contributed by atoms with Gasteiger partial charge in [0.05, 0.1) is 25.4 Å². The van der Waals surface area contributed by atoms with E-state index in [-0.39, 0.29) is 19.0 Å². The fourth-order valence-corrected chi connectivity index (χ4v) is 3.68. The predicted octanol–water partition coefficient (Wildman–Crippen LogP) is 0.484. The summed E-state index contributed by atoms with van der Waals surface area (Å²) in [5, 5.41) is 13.8. The second kappa shape index (κ2) is 6.14. The van der Waals surface area contributed by atoms with E-state index in [1.807, 2.05) is 0 Å². The number of sulfonamides is 1. The van der Waals surface area contributed by atoms with E-state index in [0.717, 1.165) is 18.6 Å². The molecule has 2 aliphatic rings. The summed E-state index contributed by atoms with van der Waals surface area (Å²) in [6.07, 6.45) is 1.13. The quantitative estimate of drug-likeness (QED) is 0.798. The lowest BCUT2D eigenvalue weighted by molar-refractivity contribution is -0.203. The van der Waals surface area contributed by atoms with Gasteiger partial charge in [-0.15, -0.1) is 0 Å². The van der Waals surface area contributed by atoms with Gasteiger partial charge in [0.15, 0.2) is 5.79 Å². The molecule has 2 heterocycles. The maximum atomic E-state index is 12.3. The molecule has 0 aromatic carbocycles. The van der Waals surface area contributed by atoms with Gasteiger partial charge in [-0.05, 0) is 26.7 Å². The number of hydrogen-bond acceptors (Lipinski definition) is 7. The Hall–Kier alpha value is -1.00. The largest absolute Gasteiger partial charge is 0.389 e. The van der Waals surface area contributed by atoms with Crippen molar-refractivity contribution in [3.8, 4) is 0 Å². The Morgan fingerprint density at radius 2 is 2.04 bits per heavy atom. The van der Waals surface area contributed by atoms with E-state index >= 15 is 0 Å². The number of ether oxygens (including phenoxy) is 2. The van der Waals surface area contributed by atoms with E-state index in [0.29, 0.717) is 11.6 Å². The second-order valence-corrected chi connectivity index (χ2v) is 8.32. The molecule has 0 radical (unpaired) electrons. The molecule has 0 amide bonds. The summed E-state index contributed by atoms with van der Waals surface area (Å²) >= 11 is 0. The Labute approximate surface area is 135 Å². The van der Waals surface area contributed by atoms with Gasteiger partial charge in [0.25, 0.3) is 0 Å². The molecule has 1 aliphatic heterocycles. The Bertz CT molecular complexity index is 652. The van der Waals surface area contributed by atoms with Crippen molar-refractivity contribution in [1.29, 1.82) is 0 Å². The smallest absolute Gasteiger partial charge is 0.217 e. The van der Waals surface area contributed by atoms with Crippen LogP contribution in [0.2, 0.25) is 0 Å². The number of aliphatic hydroxyl groups excluding tert-OH is 1. The average Bonchev–Trinajstić information content (AvgIpc) is 3.22. The second-order valence-electron chi connectivity index (χ2n) is 6.57. The van der Waals surface area contributed by atoms with E-state index in [1.165, 1.54) is 0 Å². The molecule has 2 N–H and O–H groups in total. The third-order valence-electron chi connectivity index (χ3n) is 3.90. The molecule has 2 fully saturated rings. The fourth-order valence-electron chi connectivity index (χ4n) is 2.38. The highest BCUT2D eigenvalue weighted by Gasteiger charge is 2.34. The van der Waals surface area contributed by atoms with Crippen molar-refractivity contribution in [3.63, 3.8) is 0 Å². The molecule has 3 rings (SSSR count). The number of aliphatic hydroxyl groups is 1. The highest BCUT2D eigenvalue weighted by molar-refractivity contribution is 7.88. The van der Waals surface area contributed by atoms with Crippen LogP contribution in [0.3, 0.4) is 0 Å². The molecule has 0 unspecified atom stereocenters. The summed E-state index contributed by atoms with van der Waals surface area (Å²) in [4.78, 5) is 0. The van der Waals surface area contributed by atoms with Crippen molar-refractivity contribution in [2.24, 2.45) is 0 Å². The lowest BCUT2D eigenvalue weighted by Gasteiger charge is -2.22. The summed E-state index contributed by atoms with van der Waals surface area (Å²) in [5.41, 5.74) is 0.361. The van der Waals surface area contributed by atoms with Crippen molar-refractivity contribution in [1.82, 2.24) is 9.88 Å². The topological polar surface area (TPSA) is 111 Å². The fraction of sp³-hybridized carbons (Fsp3) is 0.786. The van der Waals surface area contributed by atoms with Crippen LogP contribution in [0.5, 0.6) is 0 Å². The standard InChI is InChI=1S/C14H22N2O6S/c1-14(2)20-6-11(12(17)7-21-14)16-23(18,19)8-10-5-13(22-15-10)9-3-4-9/h5,9,11-12,16-17H,3-4,6-8H2,1-2H3/t11-,12-/m1/s1. The molecule has 1 aromatic heterocycles. The zero-order valence-electron chi connectivity index (χ0n) is 13.2. The van der Waals surface area contributed by atoms with Gasteiger partial charge in [0.2, 0.25) is 10.0 Å². The maximum absolute atomic E-state index is 12.3. The third-order valence-corrected chi connectivity index (χ3v) is 5.24. The Kier molecular flexibility index (Phi) is 4.49. The van der Waals surface area contributed by atoms with Crippen molar-refractivity contribution in [2.75, 3.05) is 13.2 Å². The molecule has 8 nitrogen and oxygen atoms in total. The third kappa shape index (κ3) is 4.51. The first kappa shape index (κ1) is 16.8. The molecule has 23 heavy (non-hydrogen) atoms. The molecular formula is C14H22N2O6S. The minimum absolute atomic E-state index is 0.00399. The van der Waals surface area contributed by atoms with E-state index < -0.39 is 28.0 Å². The van der Waals surface area contributed by atoms with Crippen LogP contribution in [-0.4, -0.2) is 49.8 Å². The van der Waals surface area contributed by atoms with Crippen molar-refractivity contribution >= 4 is 10.0 Å². The molecular weight excluding hydrogens is 324 g/mol. The van der Waals surface area contributed by atoms with E-state index in [4.69, 9.17) is 14.0 Å². The van der Waals surface area contributed by atoms with E-state index in [1.54, 1.807) is 19.9 Å². The van der Waals surface area contributed by atoms with Gasteiger partial charge in [-0.25, -0.2) is 13.1 Å². The minimum atomic E-state index is -3.68. The lowest BCUT2D eigenvalue weighted by atomic mass is 10.2. The van der Waals surface area contributed by atoms with E-state index in [9.17, 15) is 13.5 Å². The van der Waals surface area contributed by atoms with Crippen LogP contribution in [0.25, 0.3) is 0 Å². The number of hydrogen-bond donors (Lipinski definition) is 2. The zero-order valence-corrected chi connectivity index (χ0v) is 14.0.